The van der Waals surface area contributed by atoms with Gasteiger partial charge in [-0.15, -0.1) is 86.9 Å². The van der Waals surface area contributed by atoms with E-state index in [1.807, 2.05) is 0 Å². The van der Waals surface area contributed by atoms with Crippen LogP contribution in [0.15, 0.2) is 110 Å². The second kappa shape index (κ2) is 17.2. The van der Waals surface area contributed by atoms with Gasteiger partial charge in [-0.1, -0.05) is 84.6 Å². The standard InChI is InChI=1S/2C18H15N4.C2H6Si.2ClH.Zr/c2*1-12-3-5-14(6-4-12)18-10-16(22-20-11-19-21-22)9-15-7-13(2)8-17(15)18;1-3-2;;;/h2*3-11H,1-2H3;1-2H3;2*1H;/q2*-1;;;;+2/p-2. The molecule has 0 saturated heterocycles. The zero-order chi connectivity index (χ0) is 33.8. The van der Waals surface area contributed by atoms with Crippen molar-refractivity contribution in [1.82, 2.24) is 40.4 Å². The van der Waals surface area contributed by atoms with Crippen LogP contribution in [0.5, 0.6) is 0 Å². The molecule has 2 aromatic heterocycles. The summed E-state index contributed by atoms with van der Waals surface area (Å²) >= 11 is 1.74. The molecule has 50 heavy (non-hydrogen) atoms. The van der Waals surface area contributed by atoms with Crippen LogP contribution in [0, 0.1) is 27.7 Å². The van der Waals surface area contributed by atoms with E-state index in [-0.39, 0.29) is 30.2 Å². The fourth-order valence-corrected chi connectivity index (χ4v) is 5.66. The molecule has 0 N–H and O–H groups in total. The van der Waals surface area contributed by atoms with Gasteiger partial charge in [0.25, 0.3) is 0 Å². The molecule has 0 radical (unpaired) electrons. The summed E-state index contributed by atoms with van der Waals surface area (Å²) in [5.74, 6) is 0. The molecule has 8 aromatic rings. The summed E-state index contributed by atoms with van der Waals surface area (Å²) in [5, 5.41) is 28.8. The molecular weight excluding hydrogens is 759 g/mol. The summed E-state index contributed by atoms with van der Waals surface area (Å²) in [5.41, 5.74) is 11.9. The third-order valence-electron chi connectivity index (χ3n) is 7.79. The van der Waals surface area contributed by atoms with E-state index in [2.05, 4.69) is 169 Å². The maximum Gasteiger partial charge on any atom is 0.162 e. The molecule has 6 aromatic carbocycles. The number of hydrogen-bond donors (Lipinski definition) is 0. The predicted molar refractivity (Wildman–Crippen MR) is 192 cm³/mol. The fourth-order valence-electron chi connectivity index (χ4n) is 5.66. The largest absolute Gasteiger partial charge is 1.00 e. The van der Waals surface area contributed by atoms with Gasteiger partial charge in [-0.05, 0) is 47.5 Å². The molecule has 2 heterocycles. The van der Waals surface area contributed by atoms with Crippen molar-refractivity contribution in [3.8, 4) is 33.6 Å². The molecule has 0 spiro atoms. The number of hydrogen-bond acceptors (Lipinski definition) is 6. The Labute approximate surface area is 319 Å². The van der Waals surface area contributed by atoms with Crippen molar-refractivity contribution in [2.75, 3.05) is 0 Å². The van der Waals surface area contributed by atoms with Crippen LogP contribution >= 0.6 is 0 Å². The number of fused-ring (bicyclic) bond motifs is 2. The molecule has 8 nitrogen and oxygen atoms in total. The molecule has 0 aliphatic heterocycles. The minimum absolute atomic E-state index is 0. The summed E-state index contributed by atoms with van der Waals surface area (Å²) in [6.45, 7) is 13.0. The Hall–Kier alpha value is -4.08. The summed E-state index contributed by atoms with van der Waals surface area (Å²) < 4.78 is 0. The average molecular weight is 795 g/mol. The Kier molecular flexibility index (Phi) is 13.3. The SMILES string of the molecule is C[Si](C)=[Zr+2].Cc1ccc(-c2cc(-n3ncnn3)cc3[cH-]c(C)cc23)cc1.Cc1ccc(-c2cc(-n3ncnn3)cc3[cH-]c(C)cc23)cc1.[Cl-].[Cl-]. The van der Waals surface area contributed by atoms with Crippen LogP contribution in [0.25, 0.3) is 55.2 Å². The van der Waals surface area contributed by atoms with Crippen molar-refractivity contribution in [3.05, 3.63) is 132 Å². The number of rotatable bonds is 4. The zero-order valence-electron chi connectivity index (χ0n) is 28.7. The molecule has 0 aliphatic rings. The number of halogens is 2. The summed E-state index contributed by atoms with van der Waals surface area (Å²) in [6, 6.07) is 34.4. The summed E-state index contributed by atoms with van der Waals surface area (Å²) in [6.07, 6.45) is 2.90. The van der Waals surface area contributed by atoms with E-state index in [0.29, 0.717) is 0 Å². The minimum Gasteiger partial charge on any atom is -1.00 e. The van der Waals surface area contributed by atoms with Crippen molar-refractivity contribution in [2.45, 2.75) is 40.8 Å². The number of aryl methyl sites for hydroxylation is 4. The van der Waals surface area contributed by atoms with E-state index in [1.165, 1.54) is 78.7 Å². The Balaban J connectivity index is 0.000000196. The van der Waals surface area contributed by atoms with Crippen LogP contribution in [0.2, 0.25) is 13.1 Å². The van der Waals surface area contributed by atoms with Gasteiger partial charge in [0.05, 0.1) is 0 Å². The first-order valence-corrected chi connectivity index (χ1v) is 21.9. The van der Waals surface area contributed by atoms with Crippen LogP contribution < -0.4 is 24.8 Å². The van der Waals surface area contributed by atoms with E-state index in [1.54, 1.807) is 32.9 Å². The minimum atomic E-state index is 0. The topological polar surface area (TPSA) is 87.2 Å². The van der Waals surface area contributed by atoms with Gasteiger partial charge in [-0.2, -0.15) is 12.1 Å². The van der Waals surface area contributed by atoms with Crippen LogP contribution in [-0.4, -0.2) is 45.8 Å². The van der Waals surface area contributed by atoms with Gasteiger partial charge in [0, 0.05) is 11.4 Å². The van der Waals surface area contributed by atoms with Gasteiger partial charge in [0.2, 0.25) is 0 Å². The monoisotopic (exact) mass is 792 g/mol. The molecule has 252 valence electrons. The normalized spacial score (nSPS) is 10.4. The quantitative estimate of drug-likeness (QED) is 0.201. The number of benzene rings is 4. The number of nitrogens with zero attached hydrogens (tertiary/aromatic N) is 8. The van der Waals surface area contributed by atoms with Crippen LogP contribution in [0.4, 0.5) is 0 Å². The smallest absolute Gasteiger partial charge is 0.162 e. The molecule has 0 unspecified atom stereocenters. The van der Waals surface area contributed by atoms with Gasteiger partial charge < -0.3 is 24.8 Å². The van der Waals surface area contributed by atoms with E-state index >= 15 is 0 Å². The van der Waals surface area contributed by atoms with Crippen LogP contribution in [0.1, 0.15) is 22.3 Å². The second-order valence-corrected chi connectivity index (χ2v) is 21.6. The Morgan fingerprint density at radius 1 is 0.560 bits per heavy atom. The molecule has 0 bridgehead atoms. The van der Waals surface area contributed by atoms with Gasteiger partial charge in [-0.25, -0.2) is 0 Å². The van der Waals surface area contributed by atoms with Crippen LogP contribution in [-0.2, 0) is 23.3 Å². The molecule has 0 saturated carbocycles. The first kappa shape index (κ1) is 38.7. The van der Waals surface area contributed by atoms with Crippen molar-refractivity contribution < 1.29 is 48.1 Å². The van der Waals surface area contributed by atoms with E-state index < -0.39 is 0 Å². The average Bonchev–Trinajstić information content (AvgIpc) is 3.88. The third kappa shape index (κ3) is 9.17. The zero-order valence-corrected chi connectivity index (χ0v) is 33.7. The van der Waals surface area contributed by atoms with Crippen molar-refractivity contribution in [2.24, 2.45) is 0 Å². The Morgan fingerprint density at radius 2 is 0.920 bits per heavy atom. The molecule has 0 amide bonds. The van der Waals surface area contributed by atoms with Gasteiger partial charge in [-0.3, -0.25) is 0 Å². The molecule has 0 fully saturated rings. The number of tetrazole rings is 2. The van der Waals surface area contributed by atoms with E-state index in [0.717, 1.165) is 11.4 Å². The van der Waals surface area contributed by atoms with Gasteiger partial charge in [0.15, 0.2) is 12.7 Å². The van der Waals surface area contributed by atoms with Crippen molar-refractivity contribution in [3.63, 3.8) is 0 Å². The molecule has 8 rings (SSSR count). The van der Waals surface area contributed by atoms with Crippen LogP contribution in [0.3, 0.4) is 0 Å². The van der Waals surface area contributed by atoms with Crippen molar-refractivity contribution in [1.29, 1.82) is 0 Å². The number of aromatic nitrogens is 8. The molecule has 0 aliphatic carbocycles. The predicted octanol–water partition coefficient (Wildman–Crippen LogP) is 2.43. The van der Waals surface area contributed by atoms with Gasteiger partial charge in [0.1, 0.15) is 0 Å². The molecular formula is C38H36Cl2N8SiZr-2. The van der Waals surface area contributed by atoms with E-state index in [4.69, 9.17) is 0 Å². The maximum atomic E-state index is 4.14. The molecule has 12 heteroatoms. The molecule has 0 atom stereocenters. The second-order valence-electron chi connectivity index (χ2n) is 12.2. The van der Waals surface area contributed by atoms with Gasteiger partial charge >= 0.3 is 41.9 Å². The maximum absolute atomic E-state index is 4.14. The van der Waals surface area contributed by atoms with Crippen molar-refractivity contribution >= 4 is 27.0 Å². The fraction of sp³-hybridized carbons (Fsp3) is 0.158. The Morgan fingerprint density at radius 3 is 1.24 bits per heavy atom. The Bertz CT molecular complexity index is 2150. The first-order valence-electron chi connectivity index (χ1n) is 15.7. The summed E-state index contributed by atoms with van der Waals surface area (Å²) in [7, 11) is 0. The summed E-state index contributed by atoms with van der Waals surface area (Å²) in [4.78, 5) is 3.11. The first-order chi connectivity index (χ1) is 23.1. The third-order valence-corrected chi connectivity index (χ3v) is 7.79. The van der Waals surface area contributed by atoms with E-state index in [9.17, 15) is 0 Å².